The van der Waals surface area contributed by atoms with Gasteiger partial charge in [-0.15, -0.1) is 0 Å². The first kappa shape index (κ1) is 17.0. The standard InChI is InChI=1S/C16H28N4O2/c1-5-16(3,4)17-15(21)12-20-8-6-19(7-9-20)11-14-10-13(2)22-18-14/h10H,5-9,11-12H2,1-4H3,(H,17,21). The number of nitrogens with one attached hydrogen (secondary N) is 1. The summed E-state index contributed by atoms with van der Waals surface area (Å²) in [5.74, 6) is 0.969. The van der Waals surface area contributed by atoms with Gasteiger partial charge in [-0.2, -0.15) is 0 Å². The molecule has 0 radical (unpaired) electrons. The van der Waals surface area contributed by atoms with Crippen LogP contribution in [-0.4, -0.2) is 59.1 Å². The summed E-state index contributed by atoms with van der Waals surface area (Å²) in [7, 11) is 0. The highest BCUT2D eigenvalue weighted by Gasteiger charge is 2.22. The summed E-state index contributed by atoms with van der Waals surface area (Å²) >= 11 is 0. The maximum absolute atomic E-state index is 12.1. The van der Waals surface area contributed by atoms with E-state index in [0.717, 1.165) is 50.6 Å². The Kier molecular flexibility index (Phi) is 5.58. The number of piperazine rings is 1. The van der Waals surface area contributed by atoms with E-state index in [1.165, 1.54) is 0 Å². The molecule has 1 aromatic heterocycles. The molecule has 6 heteroatoms. The van der Waals surface area contributed by atoms with Crippen molar-refractivity contribution in [3.63, 3.8) is 0 Å². The van der Waals surface area contributed by atoms with Crippen molar-refractivity contribution in [1.82, 2.24) is 20.3 Å². The highest BCUT2D eigenvalue weighted by atomic mass is 16.5. The summed E-state index contributed by atoms with van der Waals surface area (Å²) in [6, 6.07) is 1.98. The number of hydrogen-bond donors (Lipinski definition) is 1. The van der Waals surface area contributed by atoms with E-state index in [-0.39, 0.29) is 11.4 Å². The molecular formula is C16H28N4O2. The highest BCUT2D eigenvalue weighted by molar-refractivity contribution is 5.78. The van der Waals surface area contributed by atoms with Gasteiger partial charge in [0.05, 0.1) is 12.2 Å². The molecule has 2 rings (SSSR count). The third kappa shape index (κ3) is 5.10. The highest BCUT2D eigenvalue weighted by Crippen LogP contribution is 2.10. The van der Waals surface area contributed by atoms with Crippen LogP contribution in [0, 0.1) is 6.92 Å². The third-order valence-corrected chi connectivity index (χ3v) is 4.26. The number of carbonyl (C=O) groups excluding carboxylic acids is 1. The number of aromatic nitrogens is 1. The molecule has 0 saturated carbocycles. The zero-order valence-corrected chi connectivity index (χ0v) is 14.2. The molecule has 124 valence electrons. The largest absolute Gasteiger partial charge is 0.361 e. The smallest absolute Gasteiger partial charge is 0.234 e. The number of nitrogens with zero attached hydrogens (tertiary/aromatic N) is 3. The molecule has 2 heterocycles. The molecule has 6 nitrogen and oxygen atoms in total. The zero-order chi connectivity index (χ0) is 16.2. The van der Waals surface area contributed by atoms with Crippen LogP contribution in [0.5, 0.6) is 0 Å². The number of rotatable bonds is 6. The number of hydrogen-bond acceptors (Lipinski definition) is 5. The topological polar surface area (TPSA) is 61.6 Å². The molecule has 1 aliphatic rings. The Morgan fingerprint density at radius 2 is 1.95 bits per heavy atom. The van der Waals surface area contributed by atoms with Crippen molar-refractivity contribution >= 4 is 5.91 Å². The van der Waals surface area contributed by atoms with Crippen molar-refractivity contribution in [2.45, 2.75) is 46.2 Å². The second kappa shape index (κ2) is 7.24. The molecular weight excluding hydrogens is 280 g/mol. The lowest BCUT2D eigenvalue weighted by atomic mass is 10.0. The molecule has 22 heavy (non-hydrogen) atoms. The number of aryl methyl sites for hydroxylation is 1. The van der Waals surface area contributed by atoms with Gasteiger partial charge in [0.15, 0.2) is 0 Å². The third-order valence-electron chi connectivity index (χ3n) is 4.26. The Labute approximate surface area is 132 Å². The van der Waals surface area contributed by atoms with E-state index in [9.17, 15) is 4.79 Å². The first-order valence-corrected chi connectivity index (χ1v) is 8.06. The predicted molar refractivity (Wildman–Crippen MR) is 85.5 cm³/mol. The molecule has 0 unspecified atom stereocenters. The lowest BCUT2D eigenvalue weighted by Crippen LogP contribution is -2.52. The van der Waals surface area contributed by atoms with E-state index >= 15 is 0 Å². The Morgan fingerprint density at radius 3 is 2.50 bits per heavy atom. The average molecular weight is 308 g/mol. The number of amides is 1. The molecule has 1 aromatic rings. The lowest BCUT2D eigenvalue weighted by molar-refractivity contribution is -0.124. The molecule has 0 bridgehead atoms. The van der Waals surface area contributed by atoms with E-state index in [1.807, 2.05) is 13.0 Å². The first-order chi connectivity index (χ1) is 10.4. The quantitative estimate of drug-likeness (QED) is 0.861. The molecule has 0 atom stereocenters. The van der Waals surface area contributed by atoms with Gasteiger partial charge in [0.1, 0.15) is 5.76 Å². The Hall–Kier alpha value is -1.40. The van der Waals surface area contributed by atoms with Crippen LogP contribution >= 0.6 is 0 Å². The second-order valence-corrected chi connectivity index (χ2v) is 6.77. The van der Waals surface area contributed by atoms with Gasteiger partial charge in [-0.05, 0) is 27.2 Å². The van der Waals surface area contributed by atoms with Crippen LogP contribution in [0.4, 0.5) is 0 Å². The van der Waals surface area contributed by atoms with Crippen molar-refractivity contribution in [1.29, 1.82) is 0 Å². The molecule has 1 fully saturated rings. The van der Waals surface area contributed by atoms with E-state index in [2.05, 4.69) is 41.0 Å². The van der Waals surface area contributed by atoms with Gasteiger partial charge >= 0.3 is 0 Å². The summed E-state index contributed by atoms with van der Waals surface area (Å²) in [6.45, 7) is 13.2. The molecule has 0 aromatic carbocycles. The van der Waals surface area contributed by atoms with Crippen LogP contribution < -0.4 is 5.32 Å². The second-order valence-electron chi connectivity index (χ2n) is 6.77. The minimum atomic E-state index is -0.121. The molecule has 1 amide bonds. The Balaban J connectivity index is 1.72. The van der Waals surface area contributed by atoms with Crippen molar-refractivity contribution < 1.29 is 9.32 Å². The van der Waals surface area contributed by atoms with Gasteiger partial charge in [0, 0.05) is 44.3 Å². The lowest BCUT2D eigenvalue weighted by Gasteiger charge is -2.34. The fourth-order valence-corrected chi connectivity index (χ4v) is 2.54. The van der Waals surface area contributed by atoms with Crippen LogP contribution in [-0.2, 0) is 11.3 Å². The SMILES string of the molecule is CCC(C)(C)NC(=O)CN1CCN(Cc2cc(C)on2)CC1. The zero-order valence-electron chi connectivity index (χ0n) is 14.2. The maximum Gasteiger partial charge on any atom is 0.234 e. The molecule has 1 saturated heterocycles. The average Bonchev–Trinajstić information content (AvgIpc) is 2.86. The van der Waals surface area contributed by atoms with Crippen molar-refractivity contribution in [2.24, 2.45) is 0 Å². The van der Waals surface area contributed by atoms with Gasteiger partial charge < -0.3 is 9.84 Å². The Morgan fingerprint density at radius 1 is 1.32 bits per heavy atom. The Bertz CT molecular complexity index is 490. The van der Waals surface area contributed by atoms with Crippen molar-refractivity contribution in [3.8, 4) is 0 Å². The van der Waals surface area contributed by atoms with Crippen LogP contribution in [0.2, 0.25) is 0 Å². The summed E-state index contributed by atoms with van der Waals surface area (Å²) in [5, 5.41) is 7.12. The van der Waals surface area contributed by atoms with Gasteiger partial charge in [-0.1, -0.05) is 12.1 Å². The monoisotopic (exact) mass is 308 g/mol. The van der Waals surface area contributed by atoms with Gasteiger partial charge in [0.25, 0.3) is 0 Å². The summed E-state index contributed by atoms with van der Waals surface area (Å²) in [4.78, 5) is 16.6. The van der Waals surface area contributed by atoms with Crippen LogP contribution in [0.3, 0.4) is 0 Å². The molecule has 0 spiro atoms. The summed E-state index contributed by atoms with van der Waals surface area (Å²) in [6.07, 6.45) is 0.934. The molecule has 1 N–H and O–H groups in total. The normalized spacial score (nSPS) is 17.6. The van der Waals surface area contributed by atoms with E-state index in [0.29, 0.717) is 6.54 Å². The van der Waals surface area contributed by atoms with E-state index < -0.39 is 0 Å². The minimum absolute atomic E-state index is 0.118. The maximum atomic E-state index is 12.1. The van der Waals surface area contributed by atoms with Gasteiger partial charge in [-0.3, -0.25) is 14.6 Å². The van der Waals surface area contributed by atoms with Crippen LogP contribution in [0.15, 0.2) is 10.6 Å². The fourth-order valence-electron chi connectivity index (χ4n) is 2.54. The minimum Gasteiger partial charge on any atom is -0.361 e. The van der Waals surface area contributed by atoms with Gasteiger partial charge in [-0.25, -0.2) is 0 Å². The van der Waals surface area contributed by atoms with Crippen LogP contribution in [0.25, 0.3) is 0 Å². The summed E-state index contributed by atoms with van der Waals surface area (Å²) < 4.78 is 5.10. The van der Waals surface area contributed by atoms with Crippen molar-refractivity contribution in [2.75, 3.05) is 32.7 Å². The van der Waals surface area contributed by atoms with Crippen molar-refractivity contribution in [3.05, 3.63) is 17.5 Å². The van der Waals surface area contributed by atoms with E-state index in [4.69, 9.17) is 4.52 Å². The van der Waals surface area contributed by atoms with Gasteiger partial charge in [0.2, 0.25) is 5.91 Å². The fraction of sp³-hybridized carbons (Fsp3) is 0.750. The predicted octanol–water partition coefficient (Wildman–Crippen LogP) is 1.41. The number of carbonyl (C=O) groups is 1. The summed E-state index contributed by atoms with van der Waals surface area (Å²) in [5.41, 5.74) is 0.859. The molecule has 0 aliphatic carbocycles. The first-order valence-electron chi connectivity index (χ1n) is 8.06. The van der Waals surface area contributed by atoms with E-state index in [1.54, 1.807) is 0 Å². The molecule has 1 aliphatic heterocycles. The van der Waals surface area contributed by atoms with Crippen LogP contribution in [0.1, 0.15) is 38.6 Å².